The van der Waals surface area contributed by atoms with Gasteiger partial charge in [-0.05, 0) is 29.6 Å². The molecule has 0 aliphatic heterocycles. The summed E-state index contributed by atoms with van der Waals surface area (Å²) in [7, 11) is 0. The van der Waals surface area contributed by atoms with Crippen molar-refractivity contribution in [2.75, 3.05) is 11.9 Å². The molecular formula is C12H10BrNOS. The third kappa shape index (κ3) is 2.93. The van der Waals surface area contributed by atoms with E-state index in [1.165, 1.54) is 11.3 Å². The molecule has 0 aliphatic rings. The molecule has 2 nitrogen and oxygen atoms in total. The largest absolute Gasteiger partial charge is 0.378 e. The van der Waals surface area contributed by atoms with Gasteiger partial charge in [0.25, 0.3) is 0 Å². The molecule has 0 unspecified atom stereocenters. The van der Waals surface area contributed by atoms with E-state index in [1.54, 1.807) is 0 Å². The van der Waals surface area contributed by atoms with Crippen LogP contribution >= 0.6 is 27.3 Å². The standard InChI is InChI=1S/C12H10BrNOS/c13-9-3-1-4-10(7-9)14-8-11(15)12-5-2-6-16-12/h1-7,14H,8H2. The second kappa shape index (κ2) is 5.27. The molecule has 0 bridgehead atoms. The Morgan fingerprint density at radius 1 is 1.31 bits per heavy atom. The number of carbonyl (C=O) groups is 1. The smallest absolute Gasteiger partial charge is 0.191 e. The number of carbonyl (C=O) groups excluding carboxylic acids is 1. The minimum absolute atomic E-state index is 0.120. The van der Waals surface area contributed by atoms with Crippen LogP contribution in [0.4, 0.5) is 5.69 Å². The Labute approximate surface area is 106 Å². The number of hydrogen-bond acceptors (Lipinski definition) is 3. The van der Waals surface area contributed by atoms with Crippen LogP contribution < -0.4 is 5.32 Å². The van der Waals surface area contributed by atoms with E-state index in [1.807, 2.05) is 41.8 Å². The number of nitrogens with one attached hydrogen (secondary N) is 1. The number of rotatable bonds is 4. The summed E-state index contributed by atoms with van der Waals surface area (Å²) >= 11 is 4.86. The van der Waals surface area contributed by atoms with Gasteiger partial charge in [-0.25, -0.2) is 0 Å². The molecular weight excluding hydrogens is 286 g/mol. The van der Waals surface area contributed by atoms with E-state index in [0.717, 1.165) is 15.0 Å². The van der Waals surface area contributed by atoms with Gasteiger partial charge < -0.3 is 5.32 Å². The van der Waals surface area contributed by atoms with Crippen molar-refractivity contribution in [3.63, 3.8) is 0 Å². The molecule has 0 aliphatic carbocycles. The summed E-state index contributed by atoms with van der Waals surface area (Å²) in [6, 6.07) is 11.5. The highest BCUT2D eigenvalue weighted by molar-refractivity contribution is 9.10. The maximum absolute atomic E-state index is 11.7. The van der Waals surface area contributed by atoms with E-state index < -0.39 is 0 Å². The zero-order valence-electron chi connectivity index (χ0n) is 8.44. The lowest BCUT2D eigenvalue weighted by molar-refractivity contribution is 0.101. The second-order valence-corrected chi connectivity index (χ2v) is 5.13. The number of halogens is 1. The van der Waals surface area contributed by atoms with Gasteiger partial charge in [0.2, 0.25) is 0 Å². The lowest BCUT2D eigenvalue weighted by Gasteiger charge is -2.04. The SMILES string of the molecule is O=C(CNc1cccc(Br)c1)c1cccs1. The average molecular weight is 296 g/mol. The van der Waals surface area contributed by atoms with Crippen LogP contribution in [0, 0.1) is 0 Å². The molecule has 2 aromatic rings. The molecule has 16 heavy (non-hydrogen) atoms. The molecule has 1 heterocycles. The van der Waals surface area contributed by atoms with E-state index in [4.69, 9.17) is 0 Å². The fraction of sp³-hybridized carbons (Fsp3) is 0.0833. The van der Waals surface area contributed by atoms with Crippen LogP contribution in [0.25, 0.3) is 0 Å². The van der Waals surface area contributed by atoms with Gasteiger partial charge in [-0.1, -0.05) is 28.1 Å². The number of hydrogen-bond donors (Lipinski definition) is 1. The van der Waals surface area contributed by atoms with E-state index in [2.05, 4.69) is 21.2 Å². The van der Waals surface area contributed by atoms with Gasteiger partial charge >= 0.3 is 0 Å². The van der Waals surface area contributed by atoms with Crippen LogP contribution in [0.2, 0.25) is 0 Å². The topological polar surface area (TPSA) is 29.1 Å². The fourth-order valence-electron chi connectivity index (χ4n) is 1.31. The van der Waals surface area contributed by atoms with Crippen LogP contribution in [-0.2, 0) is 0 Å². The van der Waals surface area contributed by atoms with Gasteiger partial charge in [0, 0.05) is 10.2 Å². The van der Waals surface area contributed by atoms with E-state index >= 15 is 0 Å². The Hall–Kier alpha value is -1.13. The van der Waals surface area contributed by atoms with Crippen molar-refractivity contribution in [1.82, 2.24) is 0 Å². The molecule has 0 fully saturated rings. The van der Waals surface area contributed by atoms with Crippen LogP contribution in [0.15, 0.2) is 46.3 Å². The van der Waals surface area contributed by atoms with Crippen molar-refractivity contribution < 1.29 is 4.79 Å². The molecule has 1 N–H and O–H groups in total. The second-order valence-electron chi connectivity index (χ2n) is 3.26. The zero-order chi connectivity index (χ0) is 11.4. The maximum Gasteiger partial charge on any atom is 0.191 e. The monoisotopic (exact) mass is 295 g/mol. The molecule has 0 amide bonds. The summed E-state index contributed by atoms with van der Waals surface area (Å²) in [5, 5.41) is 5.01. The summed E-state index contributed by atoms with van der Waals surface area (Å²) in [6.45, 7) is 0.330. The summed E-state index contributed by atoms with van der Waals surface area (Å²) in [6.07, 6.45) is 0. The molecule has 0 atom stereocenters. The van der Waals surface area contributed by atoms with Crippen molar-refractivity contribution in [2.24, 2.45) is 0 Å². The van der Waals surface area contributed by atoms with Crippen molar-refractivity contribution in [3.8, 4) is 0 Å². The molecule has 1 aromatic carbocycles. The van der Waals surface area contributed by atoms with Crippen molar-refractivity contribution in [1.29, 1.82) is 0 Å². The number of benzene rings is 1. The molecule has 0 saturated carbocycles. The predicted octanol–water partition coefficient (Wildman–Crippen LogP) is 3.81. The fourth-order valence-corrected chi connectivity index (χ4v) is 2.37. The minimum Gasteiger partial charge on any atom is -0.378 e. The first-order valence-electron chi connectivity index (χ1n) is 4.82. The zero-order valence-corrected chi connectivity index (χ0v) is 10.8. The molecule has 4 heteroatoms. The Bertz CT molecular complexity index is 482. The van der Waals surface area contributed by atoms with Crippen LogP contribution in [0.3, 0.4) is 0 Å². The van der Waals surface area contributed by atoms with Crippen molar-refractivity contribution in [3.05, 3.63) is 51.1 Å². The Morgan fingerprint density at radius 2 is 2.19 bits per heavy atom. The molecule has 1 aromatic heterocycles. The Kier molecular flexibility index (Phi) is 3.74. The third-order valence-corrected chi connectivity index (χ3v) is 3.48. The highest BCUT2D eigenvalue weighted by Gasteiger charge is 2.05. The van der Waals surface area contributed by atoms with Crippen molar-refractivity contribution >= 4 is 38.7 Å². The van der Waals surface area contributed by atoms with Gasteiger partial charge in [-0.15, -0.1) is 11.3 Å². The number of anilines is 1. The molecule has 0 saturated heterocycles. The van der Waals surface area contributed by atoms with Gasteiger partial charge in [0.15, 0.2) is 5.78 Å². The van der Waals surface area contributed by atoms with E-state index in [0.29, 0.717) is 6.54 Å². The third-order valence-electron chi connectivity index (χ3n) is 2.07. The van der Waals surface area contributed by atoms with Crippen LogP contribution in [0.5, 0.6) is 0 Å². The van der Waals surface area contributed by atoms with E-state index in [9.17, 15) is 4.79 Å². The number of ketones is 1. The normalized spacial score (nSPS) is 10.1. The summed E-state index contributed by atoms with van der Waals surface area (Å²) in [5.74, 6) is 0.120. The predicted molar refractivity (Wildman–Crippen MR) is 71.3 cm³/mol. The first kappa shape index (κ1) is 11.4. The molecule has 0 radical (unpaired) electrons. The van der Waals surface area contributed by atoms with Gasteiger partial charge in [0.05, 0.1) is 11.4 Å². The lowest BCUT2D eigenvalue weighted by Crippen LogP contribution is -2.12. The average Bonchev–Trinajstić information content (AvgIpc) is 2.79. The Morgan fingerprint density at radius 3 is 2.88 bits per heavy atom. The van der Waals surface area contributed by atoms with Crippen molar-refractivity contribution in [2.45, 2.75) is 0 Å². The van der Waals surface area contributed by atoms with E-state index in [-0.39, 0.29) is 5.78 Å². The summed E-state index contributed by atoms with van der Waals surface area (Å²) < 4.78 is 1.00. The highest BCUT2D eigenvalue weighted by Crippen LogP contribution is 2.16. The molecule has 0 spiro atoms. The first-order valence-corrected chi connectivity index (χ1v) is 6.49. The van der Waals surface area contributed by atoms with Gasteiger partial charge in [-0.3, -0.25) is 4.79 Å². The van der Waals surface area contributed by atoms with Gasteiger partial charge in [-0.2, -0.15) is 0 Å². The van der Waals surface area contributed by atoms with Gasteiger partial charge in [0.1, 0.15) is 0 Å². The maximum atomic E-state index is 11.7. The molecule has 82 valence electrons. The first-order chi connectivity index (χ1) is 7.75. The summed E-state index contributed by atoms with van der Waals surface area (Å²) in [4.78, 5) is 12.5. The molecule has 2 rings (SSSR count). The lowest BCUT2D eigenvalue weighted by atomic mass is 10.3. The number of Topliss-reactive ketones (excluding diaryl/α,β-unsaturated/α-hetero) is 1. The summed E-state index contributed by atoms with van der Waals surface area (Å²) in [5.41, 5.74) is 0.944. The minimum atomic E-state index is 0.120. The van der Waals surface area contributed by atoms with Crippen LogP contribution in [0.1, 0.15) is 9.67 Å². The Balaban J connectivity index is 1.95. The number of thiophene rings is 1. The quantitative estimate of drug-likeness (QED) is 0.869. The highest BCUT2D eigenvalue weighted by atomic mass is 79.9. The van der Waals surface area contributed by atoms with Crippen LogP contribution in [-0.4, -0.2) is 12.3 Å².